The molecule has 2 unspecified atom stereocenters. The van der Waals surface area contributed by atoms with Gasteiger partial charge in [-0.25, -0.2) is 0 Å². The van der Waals surface area contributed by atoms with Crippen molar-refractivity contribution in [1.82, 2.24) is 5.32 Å². The summed E-state index contributed by atoms with van der Waals surface area (Å²) in [5, 5.41) is 23.5. The maximum atomic E-state index is 12.6. The smallest absolute Gasteiger partial charge is 0.305 e. The van der Waals surface area contributed by atoms with Crippen LogP contribution in [0.3, 0.4) is 0 Å². The van der Waals surface area contributed by atoms with Crippen molar-refractivity contribution in [1.29, 1.82) is 0 Å². The van der Waals surface area contributed by atoms with E-state index in [-0.39, 0.29) is 18.5 Å². The lowest BCUT2D eigenvalue weighted by molar-refractivity contribution is -0.143. The van der Waals surface area contributed by atoms with Crippen LogP contribution in [-0.4, -0.2) is 47.4 Å². The van der Waals surface area contributed by atoms with E-state index in [0.717, 1.165) is 51.4 Å². The third-order valence-electron chi connectivity index (χ3n) is 18.7. The SMILES string of the molecule is CCCCC/C=C\C/C=C\CCCCCCCC(=O)OCCCCCCCCCCCCCC/C=C\CCCCCCCCCCCCCCCCC(=O)NC(CO)C(O)CCCCCCCCCCCCCCCCCCCCCCCCCCC. The number of unbranched alkanes of at least 4 members (excludes halogenated alkanes) is 58. The fraction of sp³-hybridized carbons (Fsp3) is 0.901. The Morgan fingerprint density at radius 3 is 0.908 bits per heavy atom. The van der Waals surface area contributed by atoms with Crippen LogP contribution in [0.15, 0.2) is 36.5 Å². The first-order chi connectivity index (χ1) is 43.0. The molecule has 0 spiro atoms. The maximum absolute atomic E-state index is 12.6. The highest BCUT2D eigenvalue weighted by atomic mass is 16.5. The van der Waals surface area contributed by atoms with Crippen LogP contribution in [-0.2, 0) is 14.3 Å². The Balaban J connectivity index is 3.37. The third-order valence-corrected chi connectivity index (χ3v) is 18.7. The van der Waals surface area contributed by atoms with E-state index in [9.17, 15) is 19.8 Å². The van der Waals surface area contributed by atoms with Crippen molar-refractivity contribution in [2.75, 3.05) is 13.2 Å². The minimum absolute atomic E-state index is 0.00385. The van der Waals surface area contributed by atoms with E-state index < -0.39 is 12.1 Å². The summed E-state index contributed by atoms with van der Waals surface area (Å²) in [6.45, 7) is 4.97. The number of allylic oxidation sites excluding steroid dienone is 6. The molecule has 6 heteroatoms. The second-order valence-corrected chi connectivity index (χ2v) is 27.4. The molecule has 0 radical (unpaired) electrons. The molecule has 0 rings (SSSR count). The van der Waals surface area contributed by atoms with Gasteiger partial charge in [0.2, 0.25) is 5.91 Å². The monoisotopic (exact) mass is 1220 g/mol. The van der Waals surface area contributed by atoms with Crippen molar-refractivity contribution in [2.24, 2.45) is 0 Å². The highest BCUT2D eigenvalue weighted by molar-refractivity contribution is 5.76. The Hall–Kier alpha value is -1.92. The number of esters is 1. The molecule has 0 saturated heterocycles. The number of amides is 1. The molecule has 0 aromatic carbocycles. The van der Waals surface area contributed by atoms with Crippen LogP contribution in [0.4, 0.5) is 0 Å². The molecule has 0 aromatic rings. The van der Waals surface area contributed by atoms with Crippen LogP contribution in [0.2, 0.25) is 0 Å². The molecule has 6 nitrogen and oxygen atoms in total. The summed E-state index contributed by atoms with van der Waals surface area (Å²) in [5.41, 5.74) is 0. The second-order valence-electron chi connectivity index (χ2n) is 27.4. The van der Waals surface area contributed by atoms with Crippen molar-refractivity contribution in [2.45, 2.75) is 456 Å². The summed E-state index contributed by atoms with van der Waals surface area (Å²) in [4.78, 5) is 24.7. The summed E-state index contributed by atoms with van der Waals surface area (Å²) in [7, 11) is 0. The van der Waals surface area contributed by atoms with Gasteiger partial charge in [-0.1, -0.05) is 384 Å². The summed E-state index contributed by atoms with van der Waals surface area (Å²) >= 11 is 0. The topological polar surface area (TPSA) is 95.9 Å². The molecule has 1 amide bonds. The summed E-state index contributed by atoms with van der Waals surface area (Å²) in [6.07, 6.45) is 99.5. The number of aliphatic hydroxyl groups excluding tert-OH is 2. The first-order valence-corrected chi connectivity index (χ1v) is 39.7. The van der Waals surface area contributed by atoms with Crippen LogP contribution in [0, 0.1) is 0 Å². The maximum Gasteiger partial charge on any atom is 0.305 e. The number of carbonyl (C=O) groups excluding carboxylic acids is 2. The van der Waals surface area contributed by atoms with E-state index >= 15 is 0 Å². The van der Waals surface area contributed by atoms with E-state index in [4.69, 9.17) is 4.74 Å². The molecular weight excluding hydrogens is 1070 g/mol. The Bertz CT molecular complexity index is 1410. The van der Waals surface area contributed by atoms with Gasteiger partial charge in [-0.15, -0.1) is 0 Å². The fourth-order valence-corrected chi connectivity index (χ4v) is 12.6. The van der Waals surface area contributed by atoms with E-state index in [2.05, 4.69) is 55.6 Å². The van der Waals surface area contributed by atoms with Gasteiger partial charge in [-0.2, -0.15) is 0 Å². The molecular formula is C81H155NO5. The van der Waals surface area contributed by atoms with Gasteiger partial charge in [0, 0.05) is 12.8 Å². The standard InChI is InChI=1S/C81H155NO5/c1-3-5-7-9-11-13-15-17-19-20-21-22-23-30-33-36-39-42-46-49-53-57-61-65-69-73-79(84)78(77-83)82-80(85)74-70-66-62-58-54-50-47-43-40-37-34-31-28-26-24-25-27-29-32-35-38-41-44-48-52-56-60-64-68-72-76-87-81(86)75-71-67-63-59-55-51-45-18-16-14-12-10-8-6-4-2/h12,14,18,25,27,45,78-79,83-84H,3-11,13,15-17,19-24,26,28-44,46-77H2,1-2H3,(H,82,85)/b14-12-,27-25-,45-18-. The first-order valence-electron chi connectivity index (χ1n) is 39.7. The van der Waals surface area contributed by atoms with Crippen LogP contribution >= 0.6 is 0 Å². The number of ether oxygens (including phenoxy) is 1. The van der Waals surface area contributed by atoms with Gasteiger partial charge in [0.05, 0.1) is 25.4 Å². The molecule has 3 N–H and O–H groups in total. The molecule has 0 aliphatic rings. The first kappa shape index (κ1) is 85.1. The predicted molar refractivity (Wildman–Crippen MR) is 384 cm³/mol. The molecule has 0 aliphatic carbocycles. The van der Waals surface area contributed by atoms with Gasteiger partial charge < -0.3 is 20.3 Å². The van der Waals surface area contributed by atoms with Crippen molar-refractivity contribution in [3.05, 3.63) is 36.5 Å². The quantitative estimate of drug-likeness (QED) is 0.0320. The number of carbonyl (C=O) groups is 2. The normalized spacial score (nSPS) is 12.6. The Morgan fingerprint density at radius 2 is 0.575 bits per heavy atom. The largest absolute Gasteiger partial charge is 0.466 e. The Kier molecular flexibility index (Phi) is 74.8. The molecule has 514 valence electrons. The lowest BCUT2D eigenvalue weighted by Crippen LogP contribution is -2.45. The molecule has 2 atom stereocenters. The predicted octanol–water partition coefficient (Wildman–Crippen LogP) is 26.2. The molecule has 0 aromatic heterocycles. The molecule has 0 bridgehead atoms. The van der Waals surface area contributed by atoms with E-state index in [1.807, 2.05) is 0 Å². The fourth-order valence-electron chi connectivity index (χ4n) is 12.6. The Morgan fingerprint density at radius 1 is 0.322 bits per heavy atom. The molecule has 0 saturated carbocycles. The van der Waals surface area contributed by atoms with Gasteiger partial charge >= 0.3 is 5.97 Å². The zero-order valence-electron chi connectivity index (χ0n) is 59.0. The minimum Gasteiger partial charge on any atom is -0.466 e. The van der Waals surface area contributed by atoms with E-state index in [0.29, 0.717) is 25.9 Å². The lowest BCUT2D eigenvalue weighted by atomic mass is 10.0. The van der Waals surface area contributed by atoms with Crippen molar-refractivity contribution in [3.8, 4) is 0 Å². The number of hydrogen-bond donors (Lipinski definition) is 3. The van der Waals surface area contributed by atoms with Crippen molar-refractivity contribution >= 4 is 11.9 Å². The Labute approximate surface area is 544 Å². The number of aliphatic hydroxyl groups is 2. The van der Waals surface area contributed by atoms with Gasteiger partial charge in [0.1, 0.15) is 0 Å². The molecule has 87 heavy (non-hydrogen) atoms. The zero-order chi connectivity index (χ0) is 62.8. The molecule has 0 fully saturated rings. The van der Waals surface area contributed by atoms with Crippen molar-refractivity contribution in [3.63, 3.8) is 0 Å². The summed E-state index contributed by atoms with van der Waals surface area (Å²) < 4.78 is 5.49. The molecule has 0 aliphatic heterocycles. The highest BCUT2D eigenvalue weighted by Gasteiger charge is 2.20. The van der Waals surface area contributed by atoms with Crippen LogP contribution in [0.1, 0.15) is 444 Å². The minimum atomic E-state index is -0.665. The van der Waals surface area contributed by atoms with Gasteiger partial charge in [-0.05, 0) is 83.5 Å². The van der Waals surface area contributed by atoms with Crippen LogP contribution < -0.4 is 5.32 Å². The van der Waals surface area contributed by atoms with Gasteiger partial charge in [-0.3, -0.25) is 9.59 Å². The zero-order valence-corrected chi connectivity index (χ0v) is 59.0. The van der Waals surface area contributed by atoms with Crippen molar-refractivity contribution < 1.29 is 24.5 Å². The molecule has 0 heterocycles. The van der Waals surface area contributed by atoms with E-state index in [1.165, 1.54) is 360 Å². The van der Waals surface area contributed by atoms with Gasteiger partial charge in [0.25, 0.3) is 0 Å². The number of rotatable bonds is 75. The summed E-state index contributed by atoms with van der Waals surface area (Å²) in [5.74, 6) is -0.0242. The average Bonchev–Trinajstić information content (AvgIpc) is 3.52. The highest BCUT2D eigenvalue weighted by Crippen LogP contribution is 2.20. The second kappa shape index (κ2) is 76.5. The number of hydrogen-bond acceptors (Lipinski definition) is 5. The lowest BCUT2D eigenvalue weighted by Gasteiger charge is -2.22. The average molecular weight is 1220 g/mol. The van der Waals surface area contributed by atoms with Gasteiger partial charge in [0.15, 0.2) is 0 Å². The van der Waals surface area contributed by atoms with Crippen LogP contribution in [0.25, 0.3) is 0 Å². The van der Waals surface area contributed by atoms with Crippen LogP contribution in [0.5, 0.6) is 0 Å². The van der Waals surface area contributed by atoms with E-state index in [1.54, 1.807) is 0 Å². The third kappa shape index (κ3) is 73.0. The summed E-state index contributed by atoms with van der Waals surface area (Å²) in [6, 6.07) is -0.542. The number of nitrogens with one attached hydrogen (secondary N) is 1.